The van der Waals surface area contributed by atoms with Gasteiger partial charge in [0.15, 0.2) is 5.76 Å². The molecule has 0 spiro atoms. The number of aromatic nitrogens is 1. The summed E-state index contributed by atoms with van der Waals surface area (Å²) in [7, 11) is -4.04. The Morgan fingerprint density at radius 2 is 1.80 bits per heavy atom. The molecule has 4 rings (SSSR count). The van der Waals surface area contributed by atoms with Crippen LogP contribution in [0.5, 0.6) is 0 Å². The molecule has 40 heavy (non-hydrogen) atoms. The highest BCUT2D eigenvalue weighted by Gasteiger charge is 2.35. The first-order chi connectivity index (χ1) is 19.0. The first-order valence-electron chi connectivity index (χ1n) is 13.4. The zero-order chi connectivity index (χ0) is 29.0. The van der Waals surface area contributed by atoms with E-state index in [0.717, 1.165) is 18.4 Å². The van der Waals surface area contributed by atoms with Crippen LogP contribution in [0.25, 0.3) is 11.1 Å². The number of halogens is 1. The van der Waals surface area contributed by atoms with Crippen LogP contribution >= 0.6 is 11.6 Å². The predicted molar refractivity (Wildman–Crippen MR) is 154 cm³/mol. The fourth-order valence-electron chi connectivity index (χ4n) is 4.55. The van der Waals surface area contributed by atoms with Crippen molar-refractivity contribution in [2.75, 3.05) is 4.72 Å². The maximum absolute atomic E-state index is 13.3. The van der Waals surface area contributed by atoms with Gasteiger partial charge in [-0.25, -0.2) is 8.42 Å². The van der Waals surface area contributed by atoms with E-state index < -0.39 is 16.1 Å². The van der Waals surface area contributed by atoms with E-state index in [4.69, 9.17) is 16.1 Å². The molecule has 0 unspecified atom stereocenters. The molecule has 1 atom stereocenters. The maximum atomic E-state index is 13.3. The molecule has 9 nitrogen and oxygen atoms in total. The summed E-state index contributed by atoms with van der Waals surface area (Å²) >= 11 is 6.11. The summed E-state index contributed by atoms with van der Waals surface area (Å²) in [6.07, 6.45) is 2.98. The van der Waals surface area contributed by atoms with Gasteiger partial charge in [0.05, 0.1) is 4.90 Å². The van der Waals surface area contributed by atoms with Gasteiger partial charge >= 0.3 is 0 Å². The summed E-state index contributed by atoms with van der Waals surface area (Å²) in [4.78, 5) is 28.0. The summed E-state index contributed by atoms with van der Waals surface area (Å²) in [5.41, 5.74) is 1.99. The number of anilines is 1. The lowest BCUT2D eigenvalue weighted by molar-refractivity contribution is -0.143. The number of amides is 2. The number of hydrogen-bond donors (Lipinski definition) is 2. The van der Waals surface area contributed by atoms with Crippen molar-refractivity contribution in [3.8, 4) is 11.1 Å². The minimum absolute atomic E-state index is 0.0517. The normalized spacial score (nSPS) is 14.2. The molecule has 0 bridgehead atoms. The molecular weight excluding hydrogens is 552 g/mol. The van der Waals surface area contributed by atoms with E-state index in [1.54, 1.807) is 30.0 Å². The Morgan fingerprint density at radius 3 is 2.38 bits per heavy atom. The highest BCUT2D eigenvalue weighted by Crippen LogP contribution is 2.32. The van der Waals surface area contributed by atoms with Gasteiger partial charge in [-0.2, -0.15) is 0 Å². The molecule has 1 heterocycles. The van der Waals surface area contributed by atoms with E-state index in [0.29, 0.717) is 29.7 Å². The zero-order valence-electron chi connectivity index (χ0n) is 23.1. The number of sulfonamides is 1. The molecule has 1 saturated carbocycles. The number of nitrogens with zero attached hydrogens (tertiary/aromatic N) is 2. The lowest BCUT2D eigenvalue weighted by atomic mass is 9.99. The van der Waals surface area contributed by atoms with Gasteiger partial charge in [0.2, 0.25) is 17.6 Å². The summed E-state index contributed by atoms with van der Waals surface area (Å²) < 4.78 is 33.9. The van der Waals surface area contributed by atoms with Crippen molar-refractivity contribution in [2.24, 2.45) is 5.92 Å². The Morgan fingerprint density at radius 1 is 1.12 bits per heavy atom. The Kier molecular flexibility index (Phi) is 9.20. The van der Waals surface area contributed by atoms with Gasteiger partial charge in [-0.1, -0.05) is 80.0 Å². The second-order valence-corrected chi connectivity index (χ2v) is 12.5. The Hall–Kier alpha value is -3.37. The van der Waals surface area contributed by atoms with Crippen LogP contribution in [-0.4, -0.2) is 42.4 Å². The van der Waals surface area contributed by atoms with E-state index in [2.05, 4.69) is 15.2 Å². The van der Waals surface area contributed by atoms with Crippen LogP contribution in [0.3, 0.4) is 0 Å². The molecule has 1 aliphatic rings. The first-order valence-corrected chi connectivity index (χ1v) is 15.3. The monoisotopic (exact) mass is 586 g/mol. The first kappa shape index (κ1) is 29.6. The average Bonchev–Trinajstić information content (AvgIpc) is 3.68. The lowest BCUT2D eigenvalue weighted by Crippen LogP contribution is -2.52. The van der Waals surface area contributed by atoms with Gasteiger partial charge in [0.1, 0.15) is 11.1 Å². The smallest absolute Gasteiger partial charge is 0.263 e. The van der Waals surface area contributed by atoms with E-state index >= 15 is 0 Å². The van der Waals surface area contributed by atoms with Crippen molar-refractivity contribution >= 4 is 39.3 Å². The molecule has 3 aromatic rings. The quantitative estimate of drug-likeness (QED) is 0.287. The number of carbonyl (C=O) groups is 2. The van der Waals surface area contributed by atoms with Crippen LogP contribution in [0, 0.1) is 12.8 Å². The van der Waals surface area contributed by atoms with Gasteiger partial charge < -0.3 is 14.7 Å². The molecule has 2 aromatic carbocycles. The molecule has 214 valence electrons. The number of rotatable bonds is 12. The van der Waals surface area contributed by atoms with Gasteiger partial charge in [0, 0.05) is 24.6 Å². The van der Waals surface area contributed by atoms with Crippen LogP contribution in [0.2, 0.25) is 5.02 Å². The molecule has 2 amide bonds. The summed E-state index contributed by atoms with van der Waals surface area (Å²) in [5, 5.41) is 6.85. The van der Waals surface area contributed by atoms with Crippen molar-refractivity contribution in [3.05, 3.63) is 64.9 Å². The van der Waals surface area contributed by atoms with E-state index in [9.17, 15) is 18.0 Å². The fourth-order valence-corrected chi connectivity index (χ4v) is 5.96. The third kappa shape index (κ3) is 6.85. The van der Waals surface area contributed by atoms with Gasteiger partial charge in [0.25, 0.3) is 10.0 Å². The molecule has 2 N–H and O–H groups in total. The zero-order valence-corrected chi connectivity index (χ0v) is 24.7. The minimum atomic E-state index is -4.04. The van der Waals surface area contributed by atoms with Crippen molar-refractivity contribution < 1.29 is 22.5 Å². The van der Waals surface area contributed by atoms with Crippen LogP contribution in [0.4, 0.5) is 5.82 Å². The number of carbonyl (C=O) groups excluding carboxylic acids is 2. The number of hydrogen-bond acceptors (Lipinski definition) is 6. The average molecular weight is 587 g/mol. The maximum Gasteiger partial charge on any atom is 0.263 e. The highest BCUT2D eigenvalue weighted by atomic mass is 35.5. The topological polar surface area (TPSA) is 122 Å². The summed E-state index contributed by atoms with van der Waals surface area (Å²) in [6.45, 7) is 7.70. The summed E-state index contributed by atoms with van der Waals surface area (Å²) in [5.74, 6) is -0.0236. The van der Waals surface area contributed by atoms with Crippen LogP contribution in [-0.2, 0) is 26.2 Å². The minimum Gasteiger partial charge on any atom is -0.358 e. The predicted octanol–water partition coefficient (Wildman–Crippen LogP) is 5.54. The van der Waals surface area contributed by atoms with Crippen molar-refractivity contribution in [3.63, 3.8) is 0 Å². The van der Waals surface area contributed by atoms with E-state index in [-0.39, 0.29) is 46.1 Å². The largest absolute Gasteiger partial charge is 0.358 e. The molecular formula is C29H35ClN4O5S. The Labute approximate surface area is 240 Å². The van der Waals surface area contributed by atoms with E-state index in [1.165, 1.54) is 6.07 Å². The molecule has 1 aliphatic carbocycles. The summed E-state index contributed by atoms with van der Waals surface area (Å²) in [6, 6.07) is 13.6. The van der Waals surface area contributed by atoms with Crippen molar-refractivity contribution in [1.29, 1.82) is 0 Å². The Bertz CT molecular complexity index is 1470. The third-order valence-corrected chi connectivity index (χ3v) is 8.60. The number of benzene rings is 2. The standard InChI is InChI=1S/C29H35ClN4O5S/c1-5-8-25(35)34(27(18(2)3)29(36)31-22-15-16-22)17-20-11-13-21(14-12-20)23-9-6-7-10-24(23)40(37,38)33-28-26(30)19(4)39-32-28/h6-7,9-14,18,22,27H,5,8,15-17H2,1-4H3,(H,31,36)(H,32,33)/t27-/m0/s1. The number of aryl methyl sites for hydroxylation is 1. The highest BCUT2D eigenvalue weighted by molar-refractivity contribution is 7.92. The fraction of sp³-hybridized carbons (Fsp3) is 0.414. The van der Waals surface area contributed by atoms with Crippen LogP contribution in [0.1, 0.15) is 57.8 Å². The van der Waals surface area contributed by atoms with E-state index in [1.807, 2.05) is 45.0 Å². The molecule has 1 aromatic heterocycles. The van der Waals surface area contributed by atoms with Crippen LogP contribution in [0.15, 0.2) is 57.9 Å². The molecule has 1 fully saturated rings. The van der Waals surface area contributed by atoms with Crippen molar-refractivity contribution in [2.45, 2.75) is 76.9 Å². The second-order valence-electron chi connectivity index (χ2n) is 10.4. The lowest BCUT2D eigenvalue weighted by Gasteiger charge is -2.34. The Balaban J connectivity index is 1.60. The van der Waals surface area contributed by atoms with Gasteiger partial charge in [-0.15, -0.1) is 0 Å². The van der Waals surface area contributed by atoms with Gasteiger partial charge in [-0.05, 0) is 49.3 Å². The number of nitrogens with one attached hydrogen (secondary N) is 2. The molecule has 0 radical (unpaired) electrons. The van der Waals surface area contributed by atoms with Crippen molar-refractivity contribution in [1.82, 2.24) is 15.4 Å². The molecule has 11 heteroatoms. The van der Waals surface area contributed by atoms with Gasteiger partial charge in [-0.3, -0.25) is 14.3 Å². The molecule has 0 aliphatic heterocycles. The van der Waals surface area contributed by atoms with Crippen LogP contribution < -0.4 is 10.0 Å². The third-order valence-electron chi connectivity index (χ3n) is 6.76. The SMILES string of the molecule is CCCC(=O)N(Cc1ccc(-c2ccccc2S(=O)(=O)Nc2noc(C)c2Cl)cc1)[C@H](C(=O)NC1CC1)C(C)C. The second kappa shape index (κ2) is 12.4. The molecule has 0 saturated heterocycles.